The standard InChI is InChI=1S/C17H19N5S/c1-2-3-9-19-17(23)22-13-6-4-12(5-7-13)15-14-8-10-18-16(14)21-11-20-15/h4-8,10-11H,2-3,9H2,1H3,(H,18,20,21)(H2,19,22,23). The van der Waals surface area contributed by atoms with E-state index in [-0.39, 0.29) is 0 Å². The van der Waals surface area contributed by atoms with E-state index in [1.54, 1.807) is 6.33 Å². The Bertz CT molecular complexity index is 794. The lowest BCUT2D eigenvalue weighted by Gasteiger charge is -2.10. The van der Waals surface area contributed by atoms with Gasteiger partial charge in [-0.15, -0.1) is 0 Å². The zero-order chi connectivity index (χ0) is 16.1. The van der Waals surface area contributed by atoms with Crippen molar-refractivity contribution in [3.05, 3.63) is 42.9 Å². The van der Waals surface area contributed by atoms with Gasteiger partial charge >= 0.3 is 0 Å². The second-order valence-corrected chi connectivity index (χ2v) is 5.68. The number of fused-ring (bicyclic) bond motifs is 1. The maximum atomic E-state index is 5.28. The Morgan fingerprint density at radius 1 is 1.17 bits per heavy atom. The van der Waals surface area contributed by atoms with Gasteiger partial charge < -0.3 is 15.6 Å². The molecule has 2 aromatic heterocycles. The molecule has 0 spiro atoms. The second-order valence-electron chi connectivity index (χ2n) is 5.27. The number of H-pyrrole nitrogens is 1. The van der Waals surface area contributed by atoms with Crippen molar-refractivity contribution < 1.29 is 0 Å². The van der Waals surface area contributed by atoms with Gasteiger partial charge in [-0.25, -0.2) is 9.97 Å². The number of nitrogens with one attached hydrogen (secondary N) is 3. The molecule has 3 N–H and O–H groups in total. The molecule has 0 bridgehead atoms. The molecule has 0 radical (unpaired) electrons. The Labute approximate surface area is 140 Å². The number of nitrogens with zero attached hydrogens (tertiary/aromatic N) is 2. The monoisotopic (exact) mass is 325 g/mol. The normalized spacial score (nSPS) is 10.7. The largest absolute Gasteiger partial charge is 0.362 e. The zero-order valence-corrected chi connectivity index (χ0v) is 13.8. The fourth-order valence-electron chi connectivity index (χ4n) is 2.37. The summed E-state index contributed by atoms with van der Waals surface area (Å²) in [6, 6.07) is 10.1. The van der Waals surface area contributed by atoms with Crippen molar-refractivity contribution in [3.8, 4) is 11.3 Å². The molecule has 0 amide bonds. The lowest BCUT2D eigenvalue weighted by Crippen LogP contribution is -2.29. The van der Waals surface area contributed by atoms with Crippen LogP contribution in [0.5, 0.6) is 0 Å². The third-order valence-electron chi connectivity index (χ3n) is 3.59. The molecule has 2 heterocycles. The molecule has 0 saturated heterocycles. The molecule has 0 aliphatic heterocycles. The van der Waals surface area contributed by atoms with Crippen LogP contribution >= 0.6 is 12.2 Å². The highest BCUT2D eigenvalue weighted by Gasteiger charge is 2.07. The molecule has 0 fully saturated rings. The second kappa shape index (κ2) is 7.19. The van der Waals surface area contributed by atoms with Gasteiger partial charge in [-0.3, -0.25) is 0 Å². The van der Waals surface area contributed by atoms with Gasteiger partial charge in [0.05, 0.1) is 5.69 Å². The fraction of sp³-hybridized carbons (Fsp3) is 0.235. The molecule has 0 atom stereocenters. The number of anilines is 1. The number of hydrogen-bond donors (Lipinski definition) is 3. The van der Waals surface area contributed by atoms with Crippen molar-refractivity contribution in [3.63, 3.8) is 0 Å². The van der Waals surface area contributed by atoms with Crippen LogP contribution in [0.15, 0.2) is 42.9 Å². The summed E-state index contributed by atoms with van der Waals surface area (Å²) in [5.41, 5.74) is 3.78. The van der Waals surface area contributed by atoms with Gasteiger partial charge in [-0.1, -0.05) is 25.5 Å². The number of benzene rings is 1. The predicted molar refractivity (Wildman–Crippen MR) is 98.5 cm³/mol. The van der Waals surface area contributed by atoms with Crippen molar-refractivity contribution in [1.82, 2.24) is 20.3 Å². The molecule has 23 heavy (non-hydrogen) atoms. The summed E-state index contributed by atoms with van der Waals surface area (Å²) in [7, 11) is 0. The highest BCUT2D eigenvalue weighted by atomic mass is 32.1. The van der Waals surface area contributed by atoms with Crippen LogP contribution in [0, 0.1) is 0 Å². The third-order valence-corrected chi connectivity index (χ3v) is 3.83. The minimum absolute atomic E-state index is 0.654. The topological polar surface area (TPSA) is 65.6 Å². The van der Waals surface area contributed by atoms with Crippen LogP contribution in [0.2, 0.25) is 0 Å². The Morgan fingerprint density at radius 2 is 2.00 bits per heavy atom. The van der Waals surface area contributed by atoms with Crippen molar-refractivity contribution in [2.24, 2.45) is 0 Å². The van der Waals surface area contributed by atoms with Crippen molar-refractivity contribution in [2.45, 2.75) is 19.8 Å². The van der Waals surface area contributed by atoms with Crippen molar-refractivity contribution in [1.29, 1.82) is 0 Å². The van der Waals surface area contributed by atoms with Crippen molar-refractivity contribution >= 4 is 34.1 Å². The maximum Gasteiger partial charge on any atom is 0.170 e. The van der Waals surface area contributed by atoms with E-state index < -0.39 is 0 Å². The summed E-state index contributed by atoms with van der Waals surface area (Å²) >= 11 is 5.28. The van der Waals surface area contributed by atoms with E-state index >= 15 is 0 Å². The van der Waals surface area contributed by atoms with Crippen LogP contribution in [-0.2, 0) is 0 Å². The molecule has 3 aromatic rings. The van der Waals surface area contributed by atoms with E-state index in [9.17, 15) is 0 Å². The van der Waals surface area contributed by atoms with E-state index in [4.69, 9.17) is 12.2 Å². The molecule has 118 valence electrons. The average Bonchev–Trinajstić information content (AvgIpc) is 3.04. The Balaban J connectivity index is 1.72. The van der Waals surface area contributed by atoms with Crippen molar-refractivity contribution in [2.75, 3.05) is 11.9 Å². The average molecular weight is 325 g/mol. The van der Waals surface area contributed by atoms with E-state index in [1.165, 1.54) is 0 Å². The predicted octanol–water partition coefficient (Wildman–Crippen LogP) is 3.71. The lowest BCUT2D eigenvalue weighted by atomic mass is 10.1. The smallest absolute Gasteiger partial charge is 0.170 e. The summed E-state index contributed by atoms with van der Waals surface area (Å²) in [6.45, 7) is 3.05. The highest BCUT2D eigenvalue weighted by Crippen LogP contribution is 2.25. The van der Waals surface area contributed by atoms with E-state index in [0.29, 0.717) is 5.11 Å². The Morgan fingerprint density at radius 3 is 2.78 bits per heavy atom. The molecule has 6 heteroatoms. The Kier molecular flexibility index (Phi) is 4.83. The number of aromatic amines is 1. The lowest BCUT2D eigenvalue weighted by molar-refractivity contribution is 0.758. The molecule has 0 aliphatic rings. The Hall–Kier alpha value is -2.47. The van der Waals surface area contributed by atoms with Gasteiger partial charge in [-0.05, 0) is 36.8 Å². The van der Waals surface area contributed by atoms with Gasteiger partial charge in [0.25, 0.3) is 0 Å². The van der Waals surface area contributed by atoms with E-state index in [0.717, 1.165) is 47.4 Å². The molecule has 0 aliphatic carbocycles. The number of unbranched alkanes of at least 4 members (excludes halogenated alkanes) is 1. The van der Waals surface area contributed by atoms with Crippen LogP contribution in [0.4, 0.5) is 5.69 Å². The number of thiocarbonyl (C=S) groups is 1. The van der Waals surface area contributed by atoms with Gasteiger partial charge in [0.1, 0.15) is 12.0 Å². The third kappa shape index (κ3) is 3.65. The fourth-order valence-corrected chi connectivity index (χ4v) is 2.59. The van der Waals surface area contributed by atoms with Crippen LogP contribution < -0.4 is 10.6 Å². The summed E-state index contributed by atoms with van der Waals surface area (Å²) in [6.07, 6.45) is 5.71. The highest BCUT2D eigenvalue weighted by molar-refractivity contribution is 7.80. The minimum atomic E-state index is 0.654. The SMILES string of the molecule is CCCCNC(=S)Nc1ccc(-c2ncnc3[nH]ccc23)cc1. The van der Waals surface area contributed by atoms with Crippen LogP contribution in [0.25, 0.3) is 22.3 Å². The molecular weight excluding hydrogens is 306 g/mol. The van der Waals surface area contributed by atoms with Gasteiger partial charge in [-0.2, -0.15) is 0 Å². The quantitative estimate of drug-likeness (QED) is 0.493. The number of aromatic nitrogens is 3. The first-order valence-corrected chi connectivity index (χ1v) is 8.12. The van der Waals surface area contributed by atoms with Gasteiger partial charge in [0.15, 0.2) is 5.11 Å². The minimum Gasteiger partial charge on any atom is -0.362 e. The molecule has 1 aromatic carbocycles. The summed E-state index contributed by atoms with van der Waals surface area (Å²) in [5, 5.41) is 8.06. The maximum absolute atomic E-state index is 5.28. The molecule has 0 unspecified atom stereocenters. The first-order chi connectivity index (χ1) is 11.3. The van der Waals surface area contributed by atoms with Crippen LogP contribution in [0.3, 0.4) is 0 Å². The summed E-state index contributed by atoms with van der Waals surface area (Å²) in [5.74, 6) is 0. The zero-order valence-electron chi connectivity index (χ0n) is 13.0. The number of hydrogen-bond acceptors (Lipinski definition) is 3. The van der Waals surface area contributed by atoms with Gasteiger partial charge in [0, 0.05) is 29.4 Å². The molecule has 0 saturated carbocycles. The number of rotatable bonds is 5. The van der Waals surface area contributed by atoms with Crippen LogP contribution in [0.1, 0.15) is 19.8 Å². The van der Waals surface area contributed by atoms with E-state index in [2.05, 4.69) is 32.5 Å². The van der Waals surface area contributed by atoms with E-state index in [1.807, 2.05) is 36.5 Å². The molecular formula is C17H19N5S. The van der Waals surface area contributed by atoms with Crippen LogP contribution in [-0.4, -0.2) is 26.6 Å². The van der Waals surface area contributed by atoms with Gasteiger partial charge in [0.2, 0.25) is 0 Å². The molecule has 5 nitrogen and oxygen atoms in total. The first kappa shape index (κ1) is 15.4. The summed E-state index contributed by atoms with van der Waals surface area (Å²) in [4.78, 5) is 11.7. The first-order valence-electron chi connectivity index (χ1n) is 7.71. The molecule has 3 rings (SSSR count). The summed E-state index contributed by atoms with van der Waals surface area (Å²) < 4.78 is 0.